The average Bonchev–Trinajstić information content (AvgIpc) is 2.28. The molecular weight excluding hydrogens is 196 g/mol. The maximum Gasteiger partial charge on any atom is 0.336 e. The van der Waals surface area contributed by atoms with Gasteiger partial charge in [-0.15, -0.1) is 0 Å². The van der Waals surface area contributed by atoms with Crippen LogP contribution >= 0.6 is 0 Å². The molecule has 0 fully saturated rings. The highest BCUT2D eigenvalue weighted by Crippen LogP contribution is 2.19. The van der Waals surface area contributed by atoms with E-state index in [0.29, 0.717) is 5.56 Å². The molecule has 0 bridgehead atoms. The third-order valence-electron chi connectivity index (χ3n) is 1.76. The molecular formula is C10H12N2O3. The zero-order chi connectivity index (χ0) is 11.3. The standard InChI is InChI=1S/C10H12N2O3/c1-3-15-10(14)7(2)9(13)8-4-11-6-12-5-8/h4-6,9,13H,2-3H2,1H3. The van der Waals surface area contributed by atoms with Crippen LogP contribution in [-0.2, 0) is 9.53 Å². The minimum absolute atomic E-state index is 0.0216. The van der Waals surface area contributed by atoms with Crippen molar-refractivity contribution in [3.63, 3.8) is 0 Å². The first-order valence-electron chi connectivity index (χ1n) is 4.45. The van der Waals surface area contributed by atoms with E-state index in [9.17, 15) is 9.90 Å². The molecule has 0 aliphatic carbocycles. The Bertz CT molecular complexity index is 351. The van der Waals surface area contributed by atoms with Gasteiger partial charge >= 0.3 is 5.97 Å². The smallest absolute Gasteiger partial charge is 0.336 e. The number of hydrogen-bond donors (Lipinski definition) is 1. The predicted octanol–water partition coefficient (Wildman–Crippen LogP) is 0.629. The van der Waals surface area contributed by atoms with Gasteiger partial charge in [-0.25, -0.2) is 14.8 Å². The summed E-state index contributed by atoms with van der Waals surface area (Å²) in [7, 11) is 0. The second-order valence-electron chi connectivity index (χ2n) is 2.82. The Morgan fingerprint density at radius 1 is 1.60 bits per heavy atom. The maximum absolute atomic E-state index is 11.2. The van der Waals surface area contributed by atoms with Crippen LogP contribution in [0.1, 0.15) is 18.6 Å². The third-order valence-corrected chi connectivity index (χ3v) is 1.76. The van der Waals surface area contributed by atoms with Gasteiger partial charge in [-0.2, -0.15) is 0 Å². The zero-order valence-corrected chi connectivity index (χ0v) is 8.38. The summed E-state index contributed by atoms with van der Waals surface area (Å²) in [4.78, 5) is 18.7. The second-order valence-corrected chi connectivity index (χ2v) is 2.82. The van der Waals surface area contributed by atoms with E-state index in [1.165, 1.54) is 18.7 Å². The minimum Gasteiger partial charge on any atom is -0.463 e. The number of hydrogen-bond acceptors (Lipinski definition) is 5. The fourth-order valence-corrected chi connectivity index (χ4v) is 0.988. The van der Waals surface area contributed by atoms with Gasteiger partial charge in [0.05, 0.1) is 12.2 Å². The molecule has 1 aromatic heterocycles. The van der Waals surface area contributed by atoms with Gasteiger partial charge < -0.3 is 9.84 Å². The number of carbonyl (C=O) groups is 1. The van der Waals surface area contributed by atoms with E-state index < -0.39 is 12.1 Å². The number of aromatic nitrogens is 2. The largest absolute Gasteiger partial charge is 0.463 e. The van der Waals surface area contributed by atoms with E-state index in [1.807, 2.05) is 0 Å². The molecule has 1 unspecified atom stereocenters. The molecule has 0 aromatic carbocycles. The Morgan fingerprint density at radius 2 is 2.20 bits per heavy atom. The summed E-state index contributed by atoms with van der Waals surface area (Å²) >= 11 is 0. The first kappa shape index (κ1) is 11.3. The fourth-order valence-electron chi connectivity index (χ4n) is 0.988. The number of rotatable bonds is 4. The lowest BCUT2D eigenvalue weighted by Crippen LogP contribution is -2.13. The molecule has 1 rings (SSSR count). The van der Waals surface area contributed by atoms with E-state index in [2.05, 4.69) is 16.5 Å². The highest BCUT2D eigenvalue weighted by molar-refractivity contribution is 5.89. The summed E-state index contributed by atoms with van der Waals surface area (Å²) in [5, 5.41) is 9.71. The van der Waals surface area contributed by atoms with Crippen molar-refractivity contribution >= 4 is 5.97 Å². The van der Waals surface area contributed by atoms with Gasteiger partial charge in [-0.3, -0.25) is 0 Å². The molecule has 0 saturated carbocycles. The van der Waals surface area contributed by atoms with Gasteiger partial charge in [0.1, 0.15) is 12.4 Å². The Labute approximate surface area is 87.4 Å². The highest BCUT2D eigenvalue weighted by atomic mass is 16.5. The van der Waals surface area contributed by atoms with E-state index in [1.54, 1.807) is 6.92 Å². The Hall–Kier alpha value is -1.75. The lowest BCUT2D eigenvalue weighted by Gasteiger charge is -2.11. The van der Waals surface area contributed by atoms with Crippen molar-refractivity contribution in [2.45, 2.75) is 13.0 Å². The first-order valence-corrected chi connectivity index (χ1v) is 4.45. The van der Waals surface area contributed by atoms with Gasteiger partial charge in [-0.1, -0.05) is 6.58 Å². The molecule has 0 aliphatic heterocycles. The summed E-state index contributed by atoms with van der Waals surface area (Å²) in [6.45, 7) is 5.40. The molecule has 1 aromatic rings. The summed E-state index contributed by atoms with van der Waals surface area (Å²) in [6.07, 6.45) is 3.05. The number of nitrogens with zero attached hydrogens (tertiary/aromatic N) is 2. The molecule has 80 valence electrons. The van der Waals surface area contributed by atoms with Crippen molar-refractivity contribution < 1.29 is 14.6 Å². The van der Waals surface area contributed by atoms with Crippen molar-refractivity contribution in [3.05, 3.63) is 36.4 Å². The van der Waals surface area contributed by atoms with Crippen molar-refractivity contribution in [1.29, 1.82) is 0 Å². The van der Waals surface area contributed by atoms with E-state index in [4.69, 9.17) is 4.74 Å². The van der Waals surface area contributed by atoms with E-state index in [-0.39, 0.29) is 12.2 Å². The fraction of sp³-hybridized carbons (Fsp3) is 0.300. The average molecular weight is 208 g/mol. The van der Waals surface area contributed by atoms with Gasteiger partial charge in [0.15, 0.2) is 0 Å². The lowest BCUT2D eigenvalue weighted by atomic mass is 10.1. The number of esters is 1. The molecule has 0 aliphatic rings. The van der Waals surface area contributed by atoms with Crippen LogP contribution in [0.2, 0.25) is 0 Å². The molecule has 0 radical (unpaired) electrons. The molecule has 1 N–H and O–H groups in total. The quantitative estimate of drug-likeness (QED) is 0.580. The van der Waals surface area contributed by atoms with Crippen LogP contribution in [0.25, 0.3) is 0 Å². The highest BCUT2D eigenvalue weighted by Gasteiger charge is 2.19. The van der Waals surface area contributed by atoms with Crippen LogP contribution in [0.4, 0.5) is 0 Å². The Balaban J connectivity index is 2.73. The minimum atomic E-state index is -1.12. The first-order chi connectivity index (χ1) is 7.16. The van der Waals surface area contributed by atoms with Crippen LogP contribution in [0.15, 0.2) is 30.9 Å². The molecule has 1 heterocycles. The van der Waals surface area contributed by atoms with E-state index >= 15 is 0 Å². The van der Waals surface area contributed by atoms with Gasteiger partial charge in [0.25, 0.3) is 0 Å². The third kappa shape index (κ3) is 2.85. The summed E-state index contributed by atoms with van der Waals surface area (Å²) in [6, 6.07) is 0. The molecule has 0 spiro atoms. The summed E-state index contributed by atoms with van der Waals surface area (Å²) < 4.78 is 4.71. The van der Waals surface area contributed by atoms with Crippen molar-refractivity contribution in [2.75, 3.05) is 6.61 Å². The molecule has 15 heavy (non-hydrogen) atoms. The maximum atomic E-state index is 11.2. The zero-order valence-electron chi connectivity index (χ0n) is 8.38. The van der Waals surface area contributed by atoms with Crippen molar-refractivity contribution in [3.8, 4) is 0 Å². The topological polar surface area (TPSA) is 72.3 Å². The number of ether oxygens (including phenoxy) is 1. The van der Waals surface area contributed by atoms with Gasteiger partial charge in [0, 0.05) is 18.0 Å². The SMILES string of the molecule is C=C(C(=O)OCC)C(O)c1cncnc1. The molecule has 5 heteroatoms. The normalized spacial score (nSPS) is 11.9. The molecule has 0 amide bonds. The van der Waals surface area contributed by atoms with E-state index in [0.717, 1.165) is 0 Å². The Morgan fingerprint density at radius 3 is 2.73 bits per heavy atom. The number of aliphatic hydroxyl groups excluding tert-OH is 1. The van der Waals surface area contributed by atoms with Crippen molar-refractivity contribution in [1.82, 2.24) is 9.97 Å². The van der Waals surface area contributed by atoms with Crippen molar-refractivity contribution in [2.24, 2.45) is 0 Å². The lowest BCUT2D eigenvalue weighted by molar-refractivity contribution is -0.139. The molecule has 1 atom stereocenters. The van der Waals surface area contributed by atoms with Crippen LogP contribution in [0, 0.1) is 0 Å². The summed E-state index contributed by atoms with van der Waals surface area (Å²) in [5.41, 5.74) is 0.391. The number of carbonyl (C=O) groups excluding carboxylic acids is 1. The van der Waals surface area contributed by atoms with Crippen LogP contribution < -0.4 is 0 Å². The van der Waals surface area contributed by atoms with Crippen LogP contribution in [0.3, 0.4) is 0 Å². The van der Waals surface area contributed by atoms with Gasteiger partial charge in [0.2, 0.25) is 0 Å². The van der Waals surface area contributed by atoms with Crippen LogP contribution in [-0.4, -0.2) is 27.7 Å². The number of aliphatic hydroxyl groups is 1. The summed E-state index contributed by atoms with van der Waals surface area (Å²) in [5.74, 6) is -0.617. The Kier molecular flexibility index (Phi) is 3.93. The second kappa shape index (κ2) is 5.21. The molecule has 5 nitrogen and oxygen atoms in total. The monoisotopic (exact) mass is 208 g/mol. The predicted molar refractivity (Wildman–Crippen MR) is 52.8 cm³/mol. The van der Waals surface area contributed by atoms with Gasteiger partial charge in [-0.05, 0) is 6.92 Å². The molecule has 0 saturated heterocycles. The van der Waals surface area contributed by atoms with Crippen LogP contribution in [0.5, 0.6) is 0 Å².